The zero-order valence-electron chi connectivity index (χ0n) is 10.4. The number of esters is 1. The van der Waals surface area contributed by atoms with Crippen LogP contribution in [0, 0.1) is 5.92 Å². The summed E-state index contributed by atoms with van der Waals surface area (Å²) in [4.78, 5) is 11.2. The summed E-state index contributed by atoms with van der Waals surface area (Å²) in [5, 5.41) is 12.2. The van der Waals surface area contributed by atoms with Crippen LogP contribution in [0.5, 0.6) is 0 Å². The summed E-state index contributed by atoms with van der Waals surface area (Å²) in [7, 11) is 1.31. The molecule has 0 saturated carbocycles. The van der Waals surface area contributed by atoms with Crippen LogP contribution in [-0.4, -0.2) is 30.8 Å². The molecule has 1 rings (SSSR count). The molecule has 0 radical (unpaired) electrons. The highest BCUT2D eigenvalue weighted by atomic mass is 16.5. The molecule has 0 bridgehead atoms. The van der Waals surface area contributed by atoms with Crippen molar-refractivity contribution in [2.45, 2.75) is 26.4 Å². The van der Waals surface area contributed by atoms with Crippen molar-refractivity contribution < 1.29 is 19.1 Å². The van der Waals surface area contributed by atoms with Gasteiger partial charge in [-0.1, -0.05) is 6.92 Å². The number of furan rings is 1. The van der Waals surface area contributed by atoms with E-state index in [9.17, 15) is 4.79 Å². The van der Waals surface area contributed by atoms with Crippen molar-refractivity contribution >= 4 is 5.97 Å². The van der Waals surface area contributed by atoms with Gasteiger partial charge in [0.25, 0.3) is 0 Å². The molecule has 17 heavy (non-hydrogen) atoms. The first kappa shape index (κ1) is 13.7. The molecule has 0 spiro atoms. The number of nitrogens with one attached hydrogen (secondary N) is 1. The molecule has 0 aliphatic heterocycles. The maximum absolute atomic E-state index is 11.2. The second-order valence-electron chi connectivity index (χ2n) is 4.09. The molecule has 0 fully saturated rings. The van der Waals surface area contributed by atoms with Gasteiger partial charge >= 0.3 is 5.97 Å². The molecule has 0 aromatic carbocycles. The molecule has 96 valence electrons. The van der Waals surface area contributed by atoms with Crippen LogP contribution in [0.15, 0.2) is 16.5 Å². The molecule has 1 aromatic heterocycles. The van der Waals surface area contributed by atoms with Crippen LogP contribution in [0.3, 0.4) is 0 Å². The Hall–Kier alpha value is -1.33. The van der Waals surface area contributed by atoms with E-state index in [-0.39, 0.29) is 24.3 Å². The van der Waals surface area contributed by atoms with Crippen LogP contribution in [-0.2, 0) is 11.3 Å². The minimum Gasteiger partial charge on any atom is -0.463 e. The monoisotopic (exact) mass is 241 g/mol. The number of carbonyl (C=O) groups excluding carboxylic acids is 1. The van der Waals surface area contributed by atoms with E-state index in [1.54, 1.807) is 12.1 Å². The fourth-order valence-corrected chi connectivity index (χ4v) is 1.30. The van der Waals surface area contributed by atoms with Crippen LogP contribution < -0.4 is 5.32 Å². The molecular weight excluding hydrogens is 222 g/mol. The first-order chi connectivity index (χ1) is 8.08. The van der Waals surface area contributed by atoms with Crippen molar-refractivity contribution in [1.29, 1.82) is 0 Å². The van der Waals surface area contributed by atoms with Crippen molar-refractivity contribution in [3.63, 3.8) is 0 Å². The SMILES string of the molecule is COC(=O)c1ccc(CNC(C)C(C)CO)o1. The smallest absolute Gasteiger partial charge is 0.373 e. The minimum atomic E-state index is -0.479. The Balaban J connectivity index is 2.47. The number of hydrogen-bond donors (Lipinski definition) is 2. The normalized spacial score (nSPS) is 14.4. The van der Waals surface area contributed by atoms with Crippen LogP contribution in [0.1, 0.15) is 30.2 Å². The highest BCUT2D eigenvalue weighted by Crippen LogP contribution is 2.10. The zero-order chi connectivity index (χ0) is 12.8. The Morgan fingerprint density at radius 1 is 1.53 bits per heavy atom. The molecule has 5 nitrogen and oxygen atoms in total. The van der Waals surface area contributed by atoms with Crippen molar-refractivity contribution in [3.8, 4) is 0 Å². The lowest BCUT2D eigenvalue weighted by Crippen LogP contribution is -2.33. The fourth-order valence-electron chi connectivity index (χ4n) is 1.30. The van der Waals surface area contributed by atoms with Gasteiger partial charge in [0.1, 0.15) is 5.76 Å². The van der Waals surface area contributed by atoms with Crippen molar-refractivity contribution in [2.24, 2.45) is 5.92 Å². The van der Waals surface area contributed by atoms with Crippen LogP contribution in [0.25, 0.3) is 0 Å². The quantitative estimate of drug-likeness (QED) is 0.731. The molecule has 0 amide bonds. The van der Waals surface area contributed by atoms with Crippen LogP contribution in [0.4, 0.5) is 0 Å². The van der Waals surface area contributed by atoms with Gasteiger partial charge in [0, 0.05) is 12.6 Å². The van der Waals surface area contributed by atoms with E-state index >= 15 is 0 Å². The molecule has 1 aromatic rings. The van der Waals surface area contributed by atoms with Crippen LogP contribution >= 0.6 is 0 Å². The van der Waals surface area contributed by atoms with Gasteiger partial charge in [-0.05, 0) is 25.0 Å². The average molecular weight is 241 g/mol. The van der Waals surface area contributed by atoms with E-state index in [4.69, 9.17) is 9.52 Å². The molecule has 2 N–H and O–H groups in total. The largest absolute Gasteiger partial charge is 0.463 e. The third-order valence-corrected chi connectivity index (χ3v) is 2.79. The molecule has 0 saturated heterocycles. The van der Waals surface area contributed by atoms with Gasteiger partial charge in [-0.15, -0.1) is 0 Å². The predicted molar refractivity (Wildman–Crippen MR) is 62.6 cm³/mol. The third kappa shape index (κ3) is 3.87. The van der Waals surface area contributed by atoms with E-state index in [0.717, 1.165) is 0 Å². The van der Waals surface area contributed by atoms with E-state index in [0.29, 0.717) is 12.3 Å². The number of rotatable bonds is 6. The Bertz CT molecular complexity index is 361. The Morgan fingerprint density at radius 3 is 2.82 bits per heavy atom. The second-order valence-corrected chi connectivity index (χ2v) is 4.09. The molecule has 0 aliphatic carbocycles. The molecule has 2 atom stereocenters. The van der Waals surface area contributed by atoms with Crippen molar-refractivity contribution in [2.75, 3.05) is 13.7 Å². The molecule has 1 heterocycles. The van der Waals surface area contributed by atoms with Gasteiger partial charge in [-0.2, -0.15) is 0 Å². The summed E-state index contributed by atoms with van der Waals surface area (Å²) < 4.78 is 9.85. The summed E-state index contributed by atoms with van der Waals surface area (Å²) in [6.07, 6.45) is 0. The highest BCUT2D eigenvalue weighted by molar-refractivity contribution is 5.86. The molecular formula is C12H19NO4. The number of carbonyl (C=O) groups is 1. The summed E-state index contributed by atoms with van der Waals surface area (Å²) >= 11 is 0. The van der Waals surface area contributed by atoms with Gasteiger partial charge in [0.15, 0.2) is 0 Å². The summed E-state index contributed by atoms with van der Waals surface area (Å²) in [5.41, 5.74) is 0. The van der Waals surface area contributed by atoms with E-state index in [1.165, 1.54) is 7.11 Å². The number of aliphatic hydroxyl groups excluding tert-OH is 1. The average Bonchev–Trinajstić information content (AvgIpc) is 2.82. The second kappa shape index (κ2) is 6.42. The van der Waals surface area contributed by atoms with Gasteiger partial charge in [-0.3, -0.25) is 0 Å². The first-order valence-corrected chi connectivity index (χ1v) is 5.59. The van der Waals surface area contributed by atoms with E-state index in [1.807, 2.05) is 13.8 Å². The van der Waals surface area contributed by atoms with Gasteiger partial charge < -0.3 is 19.6 Å². The topological polar surface area (TPSA) is 71.7 Å². The van der Waals surface area contributed by atoms with Gasteiger partial charge in [0.05, 0.1) is 13.7 Å². The summed E-state index contributed by atoms with van der Waals surface area (Å²) in [6, 6.07) is 3.49. The summed E-state index contributed by atoms with van der Waals surface area (Å²) in [6.45, 7) is 4.60. The minimum absolute atomic E-state index is 0.139. The standard InChI is InChI=1S/C12H19NO4/c1-8(7-14)9(2)13-6-10-4-5-11(17-10)12(15)16-3/h4-5,8-9,13-14H,6-7H2,1-3H3. The van der Waals surface area contributed by atoms with Gasteiger partial charge in [0.2, 0.25) is 5.76 Å². The highest BCUT2D eigenvalue weighted by Gasteiger charge is 2.13. The number of ether oxygens (including phenoxy) is 1. The maximum Gasteiger partial charge on any atom is 0.373 e. The lowest BCUT2D eigenvalue weighted by Gasteiger charge is -2.18. The summed E-state index contributed by atoms with van der Waals surface area (Å²) in [5.74, 6) is 0.563. The van der Waals surface area contributed by atoms with E-state index < -0.39 is 5.97 Å². The number of aliphatic hydroxyl groups is 1. The van der Waals surface area contributed by atoms with E-state index in [2.05, 4.69) is 10.1 Å². The molecule has 2 unspecified atom stereocenters. The molecule has 0 aliphatic rings. The Morgan fingerprint density at radius 2 is 2.24 bits per heavy atom. The lowest BCUT2D eigenvalue weighted by molar-refractivity contribution is 0.0562. The lowest BCUT2D eigenvalue weighted by atomic mass is 10.1. The molecule has 5 heteroatoms. The Kier molecular flexibility index (Phi) is 5.18. The van der Waals surface area contributed by atoms with Crippen molar-refractivity contribution in [3.05, 3.63) is 23.7 Å². The zero-order valence-corrected chi connectivity index (χ0v) is 10.4. The number of hydrogen-bond acceptors (Lipinski definition) is 5. The Labute approximate surface area is 101 Å². The third-order valence-electron chi connectivity index (χ3n) is 2.79. The van der Waals surface area contributed by atoms with Gasteiger partial charge in [-0.25, -0.2) is 4.79 Å². The van der Waals surface area contributed by atoms with Crippen molar-refractivity contribution in [1.82, 2.24) is 5.32 Å². The maximum atomic E-state index is 11.2. The first-order valence-electron chi connectivity index (χ1n) is 5.59. The number of methoxy groups -OCH3 is 1. The predicted octanol–water partition coefficient (Wildman–Crippen LogP) is 1.17. The van der Waals surface area contributed by atoms with Crippen LogP contribution in [0.2, 0.25) is 0 Å². The fraction of sp³-hybridized carbons (Fsp3) is 0.583.